The van der Waals surface area contributed by atoms with E-state index in [9.17, 15) is 8.78 Å². The second-order valence-corrected chi connectivity index (χ2v) is 5.22. The summed E-state index contributed by atoms with van der Waals surface area (Å²) in [5, 5.41) is 4.21. The fourth-order valence-electron chi connectivity index (χ4n) is 2.04. The van der Waals surface area contributed by atoms with Gasteiger partial charge in [0.05, 0.1) is 35.6 Å². The zero-order valence-corrected chi connectivity index (χ0v) is 12.9. The van der Waals surface area contributed by atoms with Crippen LogP contribution in [0.4, 0.5) is 8.78 Å². The Morgan fingerprint density at radius 3 is 2.81 bits per heavy atom. The fourth-order valence-corrected chi connectivity index (χ4v) is 2.56. The molecule has 0 radical (unpaired) electrons. The van der Waals surface area contributed by atoms with Gasteiger partial charge < -0.3 is 4.74 Å². The molecule has 2 rings (SSSR count). The van der Waals surface area contributed by atoms with Gasteiger partial charge in [0, 0.05) is 7.11 Å². The van der Waals surface area contributed by atoms with Gasteiger partial charge in [-0.25, -0.2) is 14.2 Å². The summed E-state index contributed by atoms with van der Waals surface area (Å²) in [5.41, 5.74) is 3.81. The second-order valence-electron chi connectivity index (χ2n) is 4.37. The molecule has 0 amide bonds. The molecule has 0 spiro atoms. The molecule has 0 bridgehead atoms. The molecular weight excluding hydrogens is 346 g/mol. The molecule has 0 saturated heterocycles. The highest BCUT2D eigenvalue weighted by atomic mass is 79.9. The largest absolute Gasteiger partial charge is 0.383 e. The van der Waals surface area contributed by atoms with Crippen molar-refractivity contribution in [1.82, 2.24) is 15.2 Å². The molecule has 1 atom stereocenters. The average Bonchev–Trinajstić information content (AvgIpc) is 2.83. The number of nitrogens with two attached hydrogens (primary N) is 1. The number of rotatable bonds is 6. The molecule has 0 aliphatic rings. The van der Waals surface area contributed by atoms with E-state index in [1.54, 1.807) is 18.0 Å². The predicted octanol–water partition coefficient (Wildman–Crippen LogP) is 2.12. The maximum absolute atomic E-state index is 13.4. The van der Waals surface area contributed by atoms with Gasteiger partial charge in [0.1, 0.15) is 0 Å². The van der Waals surface area contributed by atoms with Crippen LogP contribution in [0.5, 0.6) is 0 Å². The molecule has 21 heavy (non-hydrogen) atoms. The monoisotopic (exact) mass is 360 g/mol. The topological polar surface area (TPSA) is 65.1 Å². The van der Waals surface area contributed by atoms with Gasteiger partial charge in [-0.15, -0.1) is 0 Å². The van der Waals surface area contributed by atoms with Crippen molar-refractivity contribution >= 4 is 15.9 Å². The standard InChI is InChI=1S/C13H15BrF2N4O/c1-21-5-4-20-13(9(14)7-18-20)12(19-17)8-2-3-10(15)11(16)6-8/h2-3,6-7,12,19H,4-5,17H2,1H3. The first-order chi connectivity index (χ1) is 10.1. The number of hydrogen-bond donors (Lipinski definition) is 2. The number of ether oxygens (including phenoxy) is 1. The summed E-state index contributed by atoms with van der Waals surface area (Å²) in [6.45, 7) is 0.982. The fraction of sp³-hybridized carbons (Fsp3) is 0.308. The van der Waals surface area contributed by atoms with Crippen molar-refractivity contribution in [2.24, 2.45) is 5.84 Å². The van der Waals surface area contributed by atoms with Crippen molar-refractivity contribution < 1.29 is 13.5 Å². The smallest absolute Gasteiger partial charge is 0.159 e. The van der Waals surface area contributed by atoms with Crippen molar-refractivity contribution in [2.75, 3.05) is 13.7 Å². The Labute approximate surface area is 129 Å². The van der Waals surface area contributed by atoms with E-state index in [-0.39, 0.29) is 0 Å². The van der Waals surface area contributed by atoms with E-state index in [1.165, 1.54) is 6.07 Å². The highest BCUT2D eigenvalue weighted by Crippen LogP contribution is 2.28. The normalized spacial score (nSPS) is 12.6. The van der Waals surface area contributed by atoms with E-state index in [1.807, 2.05) is 0 Å². The Morgan fingerprint density at radius 2 is 2.19 bits per heavy atom. The number of hydrazine groups is 1. The molecule has 0 aliphatic heterocycles. The van der Waals surface area contributed by atoms with Gasteiger partial charge in [0.2, 0.25) is 0 Å². The molecular formula is C13H15BrF2N4O. The van der Waals surface area contributed by atoms with Crippen LogP contribution < -0.4 is 11.3 Å². The van der Waals surface area contributed by atoms with E-state index in [2.05, 4.69) is 26.5 Å². The third kappa shape index (κ3) is 3.46. The molecule has 2 aromatic rings. The average molecular weight is 361 g/mol. The Bertz CT molecular complexity index is 620. The quantitative estimate of drug-likeness (QED) is 0.611. The highest BCUT2D eigenvalue weighted by molar-refractivity contribution is 9.10. The van der Waals surface area contributed by atoms with Gasteiger partial charge in [-0.1, -0.05) is 6.07 Å². The number of nitrogens with one attached hydrogen (secondary N) is 1. The van der Waals surface area contributed by atoms with E-state index in [0.29, 0.717) is 28.9 Å². The number of methoxy groups -OCH3 is 1. The molecule has 1 aromatic heterocycles. The van der Waals surface area contributed by atoms with E-state index in [4.69, 9.17) is 10.6 Å². The van der Waals surface area contributed by atoms with Gasteiger partial charge in [-0.2, -0.15) is 5.10 Å². The summed E-state index contributed by atoms with van der Waals surface area (Å²) >= 11 is 3.39. The zero-order chi connectivity index (χ0) is 15.4. The SMILES string of the molecule is COCCn1ncc(Br)c1C(NN)c1ccc(F)c(F)c1. The lowest BCUT2D eigenvalue weighted by Crippen LogP contribution is -2.31. The van der Waals surface area contributed by atoms with Crippen molar-refractivity contribution in [1.29, 1.82) is 0 Å². The van der Waals surface area contributed by atoms with E-state index in [0.717, 1.165) is 12.1 Å². The van der Waals surface area contributed by atoms with Crippen LogP contribution in [0.3, 0.4) is 0 Å². The van der Waals surface area contributed by atoms with Crippen molar-refractivity contribution in [3.05, 3.63) is 51.8 Å². The van der Waals surface area contributed by atoms with Crippen LogP contribution in [-0.4, -0.2) is 23.5 Å². The molecule has 3 N–H and O–H groups in total. The molecule has 1 unspecified atom stereocenters. The number of halogens is 3. The minimum atomic E-state index is -0.924. The van der Waals surface area contributed by atoms with Gasteiger partial charge in [0.15, 0.2) is 11.6 Å². The van der Waals surface area contributed by atoms with E-state index >= 15 is 0 Å². The van der Waals surface area contributed by atoms with Crippen LogP contribution >= 0.6 is 15.9 Å². The zero-order valence-electron chi connectivity index (χ0n) is 11.3. The molecule has 0 aliphatic carbocycles. The van der Waals surface area contributed by atoms with Gasteiger partial charge in [0.25, 0.3) is 0 Å². The van der Waals surface area contributed by atoms with Crippen molar-refractivity contribution in [2.45, 2.75) is 12.6 Å². The Hall–Kier alpha value is -1.35. The third-order valence-corrected chi connectivity index (χ3v) is 3.67. The van der Waals surface area contributed by atoms with Crippen LogP contribution in [0.1, 0.15) is 17.3 Å². The third-order valence-electron chi connectivity index (χ3n) is 3.06. The minimum absolute atomic E-state index is 0.468. The molecule has 114 valence electrons. The lowest BCUT2D eigenvalue weighted by molar-refractivity contribution is 0.182. The van der Waals surface area contributed by atoms with Gasteiger partial charge >= 0.3 is 0 Å². The molecule has 0 saturated carbocycles. The Kier molecular flexibility index (Phi) is 5.40. The Balaban J connectivity index is 2.40. The molecule has 5 nitrogen and oxygen atoms in total. The summed E-state index contributed by atoms with van der Waals surface area (Å²) in [4.78, 5) is 0. The van der Waals surface area contributed by atoms with Gasteiger partial charge in [-0.3, -0.25) is 10.5 Å². The van der Waals surface area contributed by atoms with Crippen LogP contribution in [0, 0.1) is 11.6 Å². The van der Waals surface area contributed by atoms with Crippen molar-refractivity contribution in [3.63, 3.8) is 0 Å². The highest BCUT2D eigenvalue weighted by Gasteiger charge is 2.22. The molecule has 8 heteroatoms. The first-order valence-corrected chi connectivity index (χ1v) is 6.99. The van der Waals surface area contributed by atoms with Crippen molar-refractivity contribution in [3.8, 4) is 0 Å². The Morgan fingerprint density at radius 1 is 1.43 bits per heavy atom. The maximum atomic E-state index is 13.4. The first-order valence-electron chi connectivity index (χ1n) is 6.19. The number of nitrogens with zero attached hydrogens (tertiary/aromatic N) is 2. The molecule has 1 heterocycles. The lowest BCUT2D eigenvalue weighted by atomic mass is 10.0. The second kappa shape index (κ2) is 7.08. The van der Waals surface area contributed by atoms with Gasteiger partial charge in [-0.05, 0) is 33.6 Å². The number of aromatic nitrogens is 2. The summed E-state index contributed by atoms with van der Waals surface area (Å²) in [6.07, 6.45) is 1.62. The number of benzene rings is 1. The molecule has 1 aromatic carbocycles. The summed E-state index contributed by atoms with van der Waals surface area (Å²) < 4.78 is 33.9. The van der Waals surface area contributed by atoms with Crippen LogP contribution in [0.2, 0.25) is 0 Å². The minimum Gasteiger partial charge on any atom is -0.383 e. The lowest BCUT2D eigenvalue weighted by Gasteiger charge is -2.19. The predicted molar refractivity (Wildman–Crippen MR) is 77.3 cm³/mol. The maximum Gasteiger partial charge on any atom is 0.159 e. The van der Waals surface area contributed by atoms with Crippen LogP contribution in [0.25, 0.3) is 0 Å². The van der Waals surface area contributed by atoms with Crippen LogP contribution in [-0.2, 0) is 11.3 Å². The molecule has 0 fully saturated rings. The first kappa shape index (κ1) is 16.0. The summed E-state index contributed by atoms with van der Waals surface area (Å²) in [6, 6.07) is 3.12. The summed E-state index contributed by atoms with van der Waals surface area (Å²) in [7, 11) is 1.59. The number of hydrogen-bond acceptors (Lipinski definition) is 4. The summed E-state index contributed by atoms with van der Waals surface area (Å²) in [5.74, 6) is 3.77. The van der Waals surface area contributed by atoms with Crippen LogP contribution in [0.15, 0.2) is 28.9 Å². The van der Waals surface area contributed by atoms with E-state index < -0.39 is 17.7 Å².